The van der Waals surface area contributed by atoms with Gasteiger partial charge in [0.15, 0.2) is 0 Å². The van der Waals surface area contributed by atoms with Gasteiger partial charge in [-0.3, -0.25) is 0 Å². The first-order valence-corrected chi connectivity index (χ1v) is 11.8. The van der Waals surface area contributed by atoms with E-state index in [1.165, 1.54) is 27.6 Å². The van der Waals surface area contributed by atoms with E-state index in [0.29, 0.717) is 15.2 Å². The molecule has 0 amide bonds. The lowest BCUT2D eigenvalue weighted by molar-refractivity contribution is 0.283. The molecule has 0 saturated heterocycles. The van der Waals surface area contributed by atoms with Crippen molar-refractivity contribution in [2.75, 3.05) is 0 Å². The fraction of sp³-hybridized carbons (Fsp3) is 0.333. The van der Waals surface area contributed by atoms with Gasteiger partial charge >= 0.3 is 0 Å². The largest absolute Gasteiger partial charge is 0.489 e. The molecule has 3 rings (SSSR count). The van der Waals surface area contributed by atoms with Crippen LogP contribution in [0.15, 0.2) is 66.7 Å². The van der Waals surface area contributed by atoms with Crippen LogP contribution in [-0.2, 0) is 18.4 Å². The zero-order valence-corrected chi connectivity index (χ0v) is 19.5. The third-order valence-electron chi connectivity index (χ3n) is 5.90. The summed E-state index contributed by atoms with van der Waals surface area (Å²) in [5.74, 6) is 0.971. The molecule has 0 radical (unpaired) electrons. The van der Waals surface area contributed by atoms with E-state index >= 15 is 0 Å². The Kier molecular flexibility index (Phi) is 7.69. The first kappa shape index (κ1) is 22.5. The van der Waals surface area contributed by atoms with Gasteiger partial charge in [-0.05, 0) is 49.2 Å². The number of benzene rings is 3. The standard InChI is InChI=1S/C27H33O2P/c1-5-27(6-2,30-26-15-13-20(3)16-23(26)18-28)24-17-21(4)12-14-25(24)29-19-22-10-8-7-9-11-22/h7-17,28,30H,5-6,18-19H2,1-4H3. The summed E-state index contributed by atoms with van der Waals surface area (Å²) in [5, 5.41) is 11.2. The molecule has 0 saturated carbocycles. The lowest BCUT2D eigenvalue weighted by atomic mass is 9.90. The smallest absolute Gasteiger partial charge is 0.123 e. The molecule has 3 aromatic carbocycles. The third kappa shape index (κ3) is 5.12. The van der Waals surface area contributed by atoms with Crippen LogP contribution in [0.4, 0.5) is 0 Å². The summed E-state index contributed by atoms with van der Waals surface area (Å²) in [6.07, 6.45) is 2.04. The van der Waals surface area contributed by atoms with Crippen molar-refractivity contribution in [1.29, 1.82) is 0 Å². The number of aliphatic hydroxyl groups is 1. The van der Waals surface area contributed by atoms with Gasteiger partial charge in [0.25, 0.3) is 0 Å². The Balaban J connectivity index is 1.99. The molecule has 1 unspecified atom stereocenters. The van der Waals surface area contributed by atoms with Crippen LogP contribution in [0.1, 0.15) is 54.5 Å². The highest BCUT2D eigenvalue weighted by atomic mass is 31.1. The Bertz CT molecular complexity index is 962. The quantitative estimate of drug-likeness (QED) is 0.406. The van der Waals surface area contributed by atoms with E-state index in [9.17, 15) is 5.11 Å². The minimum Gasteiger partial charge on any atom is -0.489 e. The Labute approximate surface area is 183 Å². The van der Waals surface area contributed by atoms with Crippen molar-refractivity contribution < 1.29 is 9.84 Å². The normalized spacial score (nSPS) is 11.9. The molecule has 0 heterocycles. The second kappa shape index (κ2) is 10.2. The van der Waals surface area contributed by atoms with Gasteiger partial charge in [0, 0.05) is 10.7 Å². The van der Waals surface area contributed by atoms with E-state index < -0.39 is 0 Å². The summed E-state index contributed by atoms with van der Waals surface area (Å²) in [4.78, 5) is 0. The molecule has 0 fully saturated rings. The Morgan fingerprint density at radius 3 is 2.20 bits per heavy atom. The predicted molar refractivity (Wildman–Crippen MR) is 129 cm³/mol. The molecule has 0 aliphatic heterocycles. The Morgan fingerprint density at radius 2 is 1.53 bits per heavy atom. The molecule has 0 aliphatic rings. The molecule has 0 bridgehead atoms. The van der Waals surface area contributed by atoms with Crippen LogP contribution in [0.2, 0.25) is 0 Å². The maximum absolute atomic E-state index is 9.94. The highest BCUT2D eigenvalue weighted by molar-refractivity contribution is 7.48. The van der Waals surface area contributed by atoms with E-state index in [1.807, 2.05) is 18.2 Å². The van der Waals surface area contributed by atoms with Gasteiger partial charge in [-0.1, -0.05) is 94.2 Å². The van der Waals surface area contributed by atoms with Gasteiger partial charge in [-0.15, -0.1) is 0 Å². The van der Waals surface area contributed by atoms with Gasteiger partial charge in [-0.25, -0.2) is 0 Å². The van der Waals surface area contributed by atoms with E-state index in [0.717, 1.165) is 24.2 Å². The maximum atomic E-state index is 9.94. The third-order valence-corrected chi connectivity index (χ3v) is 8.11. The van der Waals surface area contributed by atoms with Crippen molar-refractivity contribution in [2.24, 2.45) is 0 Å². The molecule has 30 heavy (non-hydrogen) atoms. The fourth-order valence-corrected chi connectivity index (χ4v) is 5.66. The van der Waals surface area contributed by atoms with Crippen molar-refractivity contribution in [1.82, 2.24) is 0 Å². The van der Waals surface area contributed by atoms with Crippen LogP contribution in [0.25, 0.3) is 0 Å². The Hall–Kier alpha value is -2.15. The number of rotatable bonds is 9. The van der Waals surface area contributed by atoms with Crippen LogP contribution in [0.5, 0.6) is 5.75 Å². The molecule has 3 aromatic rings. The van der Waals surface area contributed by atoms with Gasteiger partial charge in [0.05, 0.1) is 6.61 Å². The average molecular weight is 421 g/mol. The molecule has 1 atom stereocenters. The second-order valence-electron chi connectivity index (χ2n) is 8.01. The predicted octanol–water partition coefficient (Wildman–Crippen LogP) is 6.39. The maximum Gasteiger partial charge on any atom is 0.123 e. The average Bonchev–Trinajstić information content (AvgIpc) is 2.78. The minimum atomic E-state index is -0.0166. The van der Waals surface area contributed by atoms with Crippen LogP contribution in [-0.4, -0.2) is 5.11 Å². The van der Waals surface area contributed by atoms with Gasteiger partial charge in [-0.2, -0.15) is 0 Å². The molecule has 0 spiro atoms. The van der Waals surface area contributed by atoms with Crippen molar-refractivity contribution >= 4 is 13.9 Å². The van der Waals surface area contributed by atoms with Crippen molar-refractivity contribution in [3.8, 4) is 5.75 Å². The molecule has 158 valence electrons. The molecule has 3 heteroatoms. The highest BCUT2D eigenvalue weighted by Crippen LogP contribution is 2.50. The van der Waals surface area contributed by atoms with Crippen LogP contribution in [0.3, 0.4) is 0 Å². The van der Waals surface area contributed by atoms with Gasteiger partial charge in [0.2, 0.25) is 0 Å². The van der Waals surface area contributed by atoms with E-state index in [-0.39, 0.29) is 11.8 Å². The summed E-state index contributed by atoms with van der Waals surface area (Å²) < 4.78 is 6.36. The van der Waals surface area contributed by atoms with E-state index in [1.54, 1.807) is 0 Å². The summed E-state index contributed by atoms with van der Waals surface area (Å²) in [6.45, 7) is 9.41. The number of aliphatic hydroxyl groups excluding tert-OH is 1. The first-order chi connectivity index (χ1) is 14.5. The van der Waals surface area contributed by atoms with Crippen molar-refractivity contribution in [2.45, 2.75) is 58.9 Å². The monoisotopic (exact) mass is 420 g/mol. The summed E-state index contributed by atoms with van der Waals surface area (Å²) >= 11 is 0. The molecule has 1 N–H and O–H groups in total. The number of hydrogen-bond donors (Lipinski definition) is 1. The van der Waals surface area contributed by atoms with Crippen molar-refractivity contribution in [3.63, 3.8) is 0 Å². The zero-order valence-electron chi connectivity index (χ0n) is 18.5. The topological polar surface area (TPSA) is 29.5 Å². The first-order valence-electron chi connectivity index (χ1n) is 10.8. The summed E-state index contributed by atoms with van der Waals surface area (Å²) in [5.41, 5.74) is 5.93. The lowest BCUT2D eigenvalue weighted by Gasteiger charge is -2.35. The molecule has 0 aliphatic carbocycles. The van der Waals surface area contributed by atoms with Crippen molar-refractivity contribution in [3.05, 3.63) is 94.5 Å². The van der Waals surface area contributed by atoms with E-state index in [4.69, 9.17) is 4.74 Å². The second-order valence-corrected chi connectivity index (χ2v) is 9.75. The zero-order chi connectivity index (χ0) is 21.6. The number of aryl methyl sites for hydroxylation is 2. The minimum absolute atomic E-state index is 0.0166. The van der Waals surface area contributed by atoms with Crippen LogP contribution < -0.4 is 10.0 Å². The highest BCUT2D eigenvalue weighted by Gasteiger charge is 2.33. The molecule has 2 nitrogen and oxygen atoms in total. The summed E-state index contributed by atoms with van der Waals surface area (Å²) in [6, 6.07) is 23.3. The van der Waals surface area contributed by atoms with Gasteiger partial charge < -0.3 is 9.84 Å². The Morgan fingerprint density at radius 1 is 0.867 bits per heavy atom. The summed E-state index contributed by atoms with van der Waals surface area (Å²) in [7, 11) is 0.569. The lowest BCUT2D eigenvalue weighted by Crippen LogP contribution is -2.24. The number of hydrogen-bond acceptors (Lipinski definition) is 2. The fourth-order valence-electron chi connectivity index (χ4n) is 3.99. The molecule has 0 aromatic heterocycles. The SMILES string of the molecule is CCC(CC)(Pc1ccc(C)cc1CO)c1cc(C)ccc1OCc1ccccc1. The van der Waals surface area contributed by atoms with E-state index in [2.05, 4.69) is 76.2 Å². The number of ether oxygens (including phenoxy) is 1. The van der Waals surface area contributed by atoms with Crippen LogP contribution >= 0.6 is 8.58 Å². The molecular formula is C27H33O2P. The van der Waals surface area contributed by atoms with Gasteiger partial charge in [0.1, 0.15) is 12.4 Å². The molecular weight excluding hydrogens is 387 g/mol. The van der Waals surface area contributed by atoms with Crippen LogP contribution in [0, 0.1) is 13.8 Å².